The average molecular weight is 574 g/mol. The van der Waals surface area contributed by atoms with Crippen molar-refractivity contribution < 1.29 is 13.9 Å². The van der Waals surface area contributed by atoms with E-state index in [1.165, 1.54) is 34.6 Å². The maximum atomic E-state index is 13.8. The zero-order valence-corrected chi connectivity index (χ0v) is 24.5. The number of aromatic nitrogens is 2. The van der Waals surface area contributed by atoms with Crippen LogP contribution in [0.2, 0.25) is 0 Å². The van der Waals surface area contributed by atoms with Crippen LogP contribution < -0.4 is 14.5 Å². The number of likely N-dealkylation sites (N-methyl/N-ethyl adjacent to an activating group) is 1. The number of hydrogen-bond acceptors (Lipinski definition) is 8. The second-order valence-electron chi connectivity index (χ2n) is 12.0. The van der Waals surface area contributed by atoms with Crippen molar-refractivity contribution in [3.63, 3.8) is 0 Å². The summed E-state index contributed by atoms with van der Waals surface area (Å²) in [6, 6.07) is 9.10. The number of aryl methyl sites for hydroxylation is 1. The number of carbonyl (C=O) groups is 1. The highest BCUT2D eigenvalue weighted by atomic mass is 19.1. The molecule has 9 nitrogen and oxygen atoms in total. The number of anilines is 2. The zero-order valence-electron chi connectivity index (χ0n) is 24.5. The second kappa shape index (κ2) is 12.3. The van der Waals surface area contributed by atoms with Gasteiger partial charge in [-0.15, -0.1) is 0 Å². The lowest BCUT2D eigenvalue weighted by Gasteiger charge is -2.42. The van der Waals surface area contributed by atoms with E-state index in [4.69, 9.17) is 14.7 Å². The molecule has 42 heavy (non-hydrogen) atoms. The van der Waals surface area contributed by atoms with Crippen molar-refractivity contribution in [2.75, 3.05) is 56.2 Å². The normalized spacial score (nSPS) is 22.4. The minimum atomic E-state index is -0.999. The molecule has 1 aromatic carbocycles. The van der Waals surface area contributed by atoms with Crippen LogP contribution in [0.4, 0.5) is 15.9 Å². The van der Waals surface area contributed by atoms with E-state index in [-0.39, 0.29) is 13.0 Å². The summed E-state index contributed by atoms with van der Waals surface area (Å²) >= 11 is 0. The predicted octanol–water partition coefficient (Wildman–Crippen LogP) is 3.81. The summed E-state index contributed by atoms with van der Waals surface area (Å²) in [5, 5.41) is 9.49. The van der Waals surface area contributed by atoms with Gasteiger partial charge in [0, 0.05) is 43.5 Å². The quantitative estimate of drug-likeness (QED) is 0.463. The number of piperazine rings is 1. The van der Waals surface area contributed by atoms with Crippen LogP contribution in [0.3, 0.4) is 0 Å². The number of halogens is 1. The first-order valence-electron chi connectivity index (χ1n) is 15.3. The molecule has 0 bridgehead atoms. The fourth-order valence-electron chi connectivity index (χ4n) is 7.09. The van der Waals surface area contributed by atoms with E-state index in [0.717, 1.165) is 62.3 Å². The Kier molecular flexibility index (Phi) is 8.29. The highest BCUT2D eigenvalue weighted by Crippen LogP contribution is 2.36. The number of nitriles is 1. The van der Waals surface area contributed by atoms with Gasteiger partial charge < -0.3 is 24.3 Å². The molecule has 0 saturated carbocycles. The lowest BCUT2D eigenvalue weighted by atomic mass is 9.89. The monoisotopic (exact) mass is 573 g/mol. The summed E-state index contributed by atoms with van der Waals surface area (Å²) in [5.74, 6) is -0.939. The lowest BCUT2D eigenvalue weighted by Crippen LogP contribution is -2.55. The number of likely N-dealkylation sites (tertiary alicyclic amines) is 1. The summed E-state index contributed by atoms with van der Waals surface area (Å²) < 4.78 is 20.1. The van der Waals surface area contributed by atoms with Crippen molar-refractivity contribution >= 4 is 17.4 Å². The van der Waals surface area contributed by atoms with Crippen LogP contribution in [0.5, 0.6) is 6.01 Å². The Hall–Kier alpha value is -3.71. The van der Waals surface area contributed by atoms with Gasteiger partial charge in [-0.3, -0.25) is 4.79 Å². The highest BCUT2D eigenvalue weighted by molar-refractivity contribution is 5.91. The van der Waals surface area contributed by atoms with Crippen LogP contribution in [0.1, 0.15) is 54.5 Å². The molecule has 1 aromatic heterocycles. The van der Waals surface area contributed by atoms with E-state index < -0.39 is 17.8 Å². The Balaban J connectivity index is 1.31. The molecule has 1 amide bonds. The minimum Gasteiger partial charge on any atom is -0.462 e. The predicted molar refractivity (Wildman–Crippen MR) is 159 cm³/mol. The average Bonchev–Trinajstić information content (AvgIpc) is 3.43. The third kappa shape index (κ3) is 5.67. The van der Waals surface area contributed by atoms with Gasteiger partial charge in [-0.05, 0) is 75.7 Å². The first-order chi connectivity index (χ1) is 20.4. The third-order valence-electron chi connectivity index (χ3n) is 9.41. The molecular weight excluding hydrogens is 533 g/mol. The molecule has 6 rings (SSSR count). The number of fused-ring (bicyclic) bond motifs is 2. The molecule has 0 N–H and O–H groups in total. The van der Waals surface area contributed by atoms with Crippen LogP contribution in [-0.4, -0.2) is 84.1 Å². The first kappa shape index (κ1) is 28.4. The lowest BCUT2D eigenvalue weighted by molar-refractivity contribution is -0.131. The second-order valence-corrected chi connectivity index (χ2v) is 12.0. The molecule has 1 aliphatic carbocycles. The highest BCUT2D eigenvalue weighted by Gasteiger charge is 2.35. The van der Waals surface area contributed by atoms with Crippen molar-refractivity contribution in [3.8, 4) is 12.1 Å². The van der Waals surface area contributed by atoms with Crippen molar-refractivity contribution in [3.05, 3.63) is 53.0 Å². The fourth-order valence-corrected chi connectivity index (χ4v) is 7.09. The van der Waals surface area contributed by atoms with Gasteiger partial charge in [0.15, 0.2) is 5.83 Å². The molecule has 2 atom stereocenters. The van der Waals surface area contributed by atoms with Crippen LogP contribution >= 0.6 is 0 Å². The van der Waals surface area contributed by atoms with Crippen molar-refractivity contribution in [2.24, 2.45) is 0 Å². The maximum Gasteiger partial charge on any atom is 0.318 e. The van der Waals surface area contributed by atoms with E-state index >= 15 is 0 Å². The maximum absolute atomic E-state index is 13.8. The molecule has 0 radical (unpaired) electrons. The van der Waals surface area contributed by atoms with E-state index in [0.29, 0.717) is 38.3 Å². The van der Waals surface area contributed by atoms with E-state index in [2.05, 4.69) is 52.6 Å². The zero-order chi connectivity index (χ0) is 29.2. The molecule has 0 spiro atoms. The molecular formula is C32H40FN7O2. The SMILES string of the molecule is C=C(F)C(=O)N1CCN(c2nc(OC[C@@H]3CCCN3C)nc3c2CCN(c2cccc4c2CCCC4)C3)C[C@@H]1CC#N. The van der Waals surface area contributed by atoms with Crippen LogP contribution in [0, 0.1) is 11.3 Å². The van der Waals surface area contributed by atoms with E-state index in [1.54, 1.807) is 0 Å². The third-order valence-corrected chi connectivity index (χ3v) is 9.41. The summed E-state index contributed by atoms with van der Waals surface area (Å²) in [4.78, 5) is 30.7. The van der Waals surface area contributed by atoms with Gasteiger partial charge in [0.05, 0.1) is 30.8 Å². The Morgan fingerprint density at radius 3 is 2.71 bits per heavy atom. The van der Waals surface area contributed by atoms with Crippen molar-refractivity contribution in [2.45, 2.75) is 70.0 Å². The Labute approximate surface area is 247 Å². The molecule has 3 aliphatic heterocycles. The van der Waals surface area contributed by atoms with Gasteiger partial charge in [-0.25, -0.2) is 4.39 Å². The van der Waals surface area contributed by atoms with Gasteiger partial charge >= 0.3 is 6.01 Å². The number of ether oxygens (including phenoxy) is 1. The number of nitrogens with zero attached hydrogens (tertiary/aromatic N) is 7. The summed E-state index contributed by atoms with van der Waals surface area (Å²) in [6.45, 7) is 7.46. The van der Waals surface area contributed by atoms with Gasteiger partial charge in [0.1, 0.15) is 12.4 Å². The Morgan fingerprint density at radius 1 is 1.07 bits per heavy atom. The number of benzene rings is 1. The van der Waals surface area contributed by atoms with Crippen LogP contribution in [0.15, 0.2) is 30.6 Å². The van der Waals surface area contributed by atoms with Crippen molar-refractivity contribution in [1.82, 2.24) is 19.8 Å². The molecule has 2 fully saturated rings. The van der Waals surface area contributed by atoms with Crippen molar-refractivity contribution in [1.29, 1.82) is 5.26 Å². The molecule has 4 aliphatic rings. The molecule has 10 heteroatoms. The van der Waals surface area contributed by atoms with E-state index in [1.807, 2.05) is 0 Å². The first-order valence-corrected chi connectivity index (χ1v) is 15.3. The fraction of sp³-hybridized carbons (Fsp3) is 0.562. The molecule has 222 valence electrons. The number of amides is 1. The smallest absolute Gasteiger partial charge is 0.318 e. The molecule has 2 aromatic rings. The molecule has 2 saturated heterocycles. The van der Waals surface area contributed by atoms with Gasteiger partial charge in [-0.2, -0.15) is 15.2 Å². The molecule has 0 unspecified atom stereocenters. The largest absolute Gasteiger partial charge is 0.462 e. The summed E-state index contributed by atoms with van der Waals surface area (Å²) in [7, 11) is 2.13. The van der Waals surface area contributed by atoms with Crippen LogP contribution in [0.25, 0.3) is 0 Å². The molecule has 4 heterocycles. The summed E-state index contributed by atoms with van der Waals surface area (Å²) in [5.41, 5.74) is 6.29. The van der Waals surface area contributed by atoms with E-state index in [9.17, 15) is 14.4 Å². The topological polar surface area (TPSA) is 88.8 Å². The van der Waals surface area contributed by atoms with Gasteiger partial charge in [-0.1, -0.05) is 18.7 Å². The summed E-state index contributed by atoms with van der Waals surface area (Å²) in [6.07, 6.45) is 7.86. The number of rotatable bonds is 7. The Bertz CT molecular complexity index is 1390. The standard InChI is InChI=1S/C32H40FN7O2/c1-22(33)31(41)40-18-17-39(19-24(40)12-14-34)30-27-13-16-38(29-11-5-8-23-7-3-4-10-26(23)29)20-28(27)35-32(36-30)42-21-25-9-6-15-37(25)2/h5,8,11,24-25H,1,3-4,6-7,9-10,12-13,15-21H2,2H3/t24-,25-/m0/s1. The Morgan fingerprint density at radius 2 is 1.93 bits per heavy atom. The minimum absolute atomic E-state index is 0.104. The van der Waals surface area contributed by atoms with Gasteiger partial charge in [0.25, 0.3) is 5.91 Å². The number of hydrogen-bond donors (Lipinski definition) is 0. The van der Waals surface area contributed by atoms with Crippen LogP contribution in [-0.2, 0) is 30.6 Å². The number of carbonyl (C=O) groups excluding carboxylic acids is 1. The van der Waals surface area contributed by atoms with Gasteiger partial charge in [0.2, 0.25) is 0 Å².